The van der Waals surface area contributed by atoms with E-state index in [0.29, 0.717) is 32.1 Å². The summed E-state index contributed by atoms with van der Waals surface area (Å²) in [7, 11) is 0. The summed E-state index contributed by atoms with van der Waals surface area (Å²) >= 11 is 0. The quantitative estimate of drug-likeness (QED) is 0.418. The molecule has 0 radical (unpaired) electrons. The largest absolute Gasteiger partial charge is 0.368 e. The lowest BCUT2D eigenvalue weighted by Gasteiger charge is -2.17. The lowest BCUT2D eigenvalue weighted by Crippen LogP contribution is -2.50. The van der Waals surface area contributed by atoms with Crippen molar-refractivity contribution in [1.82, 2.24) is 10.6 Å². The summed E-state index contributed by atoms with van der Waals surface area (Å²) in [6.45, 7) is 0. The summed E-state index contributed by atoms with van der Waals surface area (Å²) in [6, 6.07) is -1.30. The summed E-state index contributed by atoms with van der Waals surface area (Å²) in [5.74, 6) is 1.34. The summed E-state index contributed by atoms with van der Waals surface area (Å²) in [6.07, 6.45) is 7.43. The number of terminal acetylenes is 1. The van der Waals surface area contributed by atoms with Crippen LogP contribution in [-0.2, 0) is 14.4 Å². The molecule has 0 aromatic carbocycles. The number of hydrogen-bond acceptors (Lipinski definition) is 3. The van der Waals surface area contributed by atoms with Gasteiger partial charge in [0.05, 0.1) is 0 Å². The second kappa shape index (κ2) is 6.64. The zero-order valence-electron chi connectivity index (χ0n) is 10.1. The summed E-state index contributed by atoms with van der Waals surface area (Å²) in [4.78, 5) is 33.9. The van der Waals surface area contributed by atoms with Gasteiger partial charge >= 0.3 is 0 Å². The fourth-order valence-corrected chi connectivity index (χ4v) is 1.78. The number of nitrogens with two attached hydrogens (primary N) is 1. The Kier molecular flexibility index (Phi) is 5.18. The minimum atomic E-state index is -0.733. The van der Waals surface area contributed by atoms with Gasteiger partial charge in [0, 0.05) is 12.8 Å². The predicted octanol–water partition coefficient (Wildman–Crippen LogP) is -0.961. The van der Waals surface area contributed by atoms with Crippen LogP contribution in [0.4, 0.5) is 0 Å². The molecule has 98 valence electrons. The molecule has 1 rings (SSSR count). The van der Waals surface area contributed by atoms with E-state index in [0.717, 1.165) is 0 Å². The average molecular weight is 251 g/mol. The molecule has 1 aliphatic heterocycles. The lowest BCUT2D eigenvalue weighted by atomic mass is 10.1. The van der Waals surface area contributed by atoms with Crippen LogP contribution in [0.1, 0.15) is 32.1 Å². The second-order valence-corrected chi connectivity index (χ2v) is 4.22. The van der Waals surface area contributed by atoms with Crippen molar-refractivity contribution >= 4 is 17.7 Å². The molecule has 6 heteroatoms. The van der Waals surface area contributed by atoms with Gasteiger partial charge in [-0.3, -0.25) is 14.4 Å². The van der Waals surface area contributed by atoms with E-state index in [-0.39, 0.29) is 11.8 Å². The van der Waals surface area contributed by atoms with Gasteiger partial charge in [0.25, 0.3) is 0 Å². The smallest absolute Gasteiger partial charge is 0.243 e. The molecule has 3 amide bonds. The van der Waals surface area contributed by atoms with Gasteiger partial charge in [0.1, 0.15) is 12.1 Å². The Morgan fingerprint density at radius 2 is 2.33 bits per heavy atom. The van der Waals surface area contributed by atoms with Gasteiger partial charge in [-0.25, -0.2) is 0 Å². The van der Waals surface area contributed by atoms with Crippen molar-refractivity contribution in [2.24, 2.45) is 5.73 Å². The number of hydrogen-bond donors (Lipinski definition) is 3. The monoisotopic (exact) mass is 251 g/mol. The number of primary amides is 1. The van der Waals surface area contributed by atoms with Crippen molar-refractivity contribution in [1.29, 1.82) is 0 Å². The van der Waals surface area contributed by atoms with E-state index in [9.17, 15) is 14.4 Å². The first-order valence-corrected chi connectivity index (χ1v) is 5.87. The summed E-state index contributed by atoms with van der Waals surface area (Å²) in [5, 5.41) is 5.07. The van der Waals surface area contributed by atoms with E-state index in [1.165, 1.54) is 0 Å². The molecule has 0 aliphatic carbocycles. The first kappa shape index (κ1) is 14.0. The Bertz CT molecular complexity index is 387. The Morgan fingerprint density at radius 3 is 2.83 bits per heavy atom. The average Bonchev–Trinajstić information content (AvgIpc) is 2.74. The van der Waals surface area contributed by atoms with Crippen LogP contribution >= 0.6 is 0 Å². The third kappa shape index (κ3) is 4.09. The van der Waals surface area contributed by atoms with E-state index in [2.05, 4.69) is 16.6 Å². The standard InChI is InChI=1S/C12H17N3O3/c1-2-3-4-5-8(11(13)17)15-12(18)9-6-7-10(16)14-9/h1,8-9H,3-7H2,(H2,13,17)(H,14,16)(H,15,18)/t8-,9-/m1/s1. The highest BCUT2D eigenvalue weighted by Crippen LogP contribution is 2.08. The molecule has 6 nitrogen and oxygen atoms in total. The van der Waals surface area contributed by atoms with Crippen LogP contribution < -0.4 is 16.4 Å². The molecule has 4 N–H and O–H groups in total. The number of carbonyl (C=O) groups is 3. The summed E-state index contributed by atoms with van der Waals surface area (Å²) < 4.78 is 0. The number of carbonyl (C=O) groups excluding carboxylic acids is 3. The van der Waals surface area contributed by atoms with Crippen molar-refractivity contribution in [3.8, 4) is 12.3 Å². The number of amides is 3. The van der Waals surface area contributed by atoms with Gasteiger partial charge < -0.3 is 16.4 Å². The fraction of sp³-hybridized carbons (Fsp3) is 0.583. The molecular formula is C12H17N3O3. The summed E-state index contributed by atoms with van der Waals surface area (Å²) in [5.41, 5.74) is 5.20. The van der Waals surface area contributed by atoms with Crippen molar-refractivity contribution in [3.63, 3.8) is 0 Å². The van der Waals surface area contributed by atoms with Crippen LogP contribution in [0.2, 0.25) is 0 Å². The van der Waals surface area contributed by atoms with Gasteiger partial charge in [-0.05, 0) is 19.3 Å². The van der Waals surface area contributed by atoms with Crippen LogP contribution in [0.15, 0.2) is 0 Å². The zero-order chi connectivity index (χ0) is 13.5. The van der Waals surface area contributed by atoms with Gasteiger partial charge in [-0.2, -0.15) is 0 Å². The Balaban J connectivity index is 2.45. The molecule has 0 bridgehead atoms. The number of unbranched alkanes of at least 4 members (excludes halogenated alkanes) is 1. The Labute approximate surface area is 106 Å². The molecule has 0 aromatic heterocycles. The van der Waals surface area contributed by atoms with E-state index < -0.39 is 18.0 Å². The van der Waals surface area contributed by atoms with E-state index >= 15 is 0 Å². The number of rotatable bonds is 6. The minimum Gasteiger partial charge on any atom is -0.368 e. The third-order valence-corrected chi connectivity index (χ3v) is 2.79. The maximum atomic E-state index is 11.8. The van der Waals surface area contributed by atoms with E-state index in [4.69, 9.17) is 12.2 Å². The molecule has 1 heterocycles. The molecule has 0 spiro atoms. The van der Waals surface area contributed by atoms with Gasteiger partial charge in [-0.1, -0.05) is 0 Å². The molecule has 0 saturated carbocycles. The molecular weight excluding hydrogens is 234 g/mol. The van der Waals surface area contributed by atoms with E-state index in [1.807, 2.05) is 0 Å². The van der Waals surface area contributed by atoms with Gasteiger partial charge in [0.2, 0.25) is 17.7 Å². The van der Waals surface area contributed by atoms with Crippen molar-refractivity contribution < 1.29 is 14.4 Å². The third-order valence-electron chi connectivity index (χ3n) is 2.79. The van der Waals surface area contributed by atoms with Crippen molar-refractivity contribution in [2.45, 2.75) is 44.2 Å². The minimum absolute atomic E-state index is 0.155. The fourth-order valence-electron chi connectivity index (χ4n) is 1.78. The SMILES string of the molecule is C#CCCC[C@@H](NC(=O)[C@H]1CCC(=O)N1)C(N)=O. The van der Waals surface area contributed by atoms with Crippen LogP contribution in [0.5, 0.6) is 0 Å². The van der Waals surface area contributed by atoms with Crippen LogP contribution in [0.3, 0.4) is 0 Å². The lowest BCUT2D eigenvalue weighted by molar-refractivity contribution is -0.129. The highest BCUT2D eigenvalue weighted by molar-refractivity contribution is 5.93. The zero-order valence-corrected chi connectivity index (χ0v) is 10.1. The predicted molar refractivity (Wildman–Crippen MR) is 65.0 cm³/mol. The molecule has 1 saturated heterocycles. The maximum Gasteiger partial charge on any atom is 0.243 e. The Morgan fingerprint density at radius 1 is 1.61 bits per heavy atom. The molecule has 0 aromatic rings. The van der Waals surface area contributed by atoms with Crippen LogP contribution in [0, 0.1) is 12.3 Å². The molecule has 18 heavy (non-hydrogen) atoms. The Hall–Kier alpha value is -2.03. The molecule has 0 unspecified atom stereocenters. The highest BCUT2D eigenvalue weighted by atomic mass is 16.2. The van der Waals surface area contributed by atoms with Crippen molar-refractivity contribution in [3.05, 3.63) is 0 Å². The first-order valence-electron chi connectivity index (χ1n) is 5.87. The van der Waals surface area contributed by atoms with E-state index in [1.54, 1.807) is 0 Å². The normalized spacial score (nSPS) is 19.7. The van der Waals surface area contributed by atoms with Crippen molar-refractivity contribution in [2.75, 3.05) is 0 Å². The highest BCUT2D eigenvalue weighted by Gasteiger charge is 2.29. The van der Waals surface area contributed by atoms with Crippen LogP contribution in [0.25, 0.3) is 0 Å². The molecule has 1 aliphatic rings. The maximum absolute atomic E-state index is 11.8. The van der Waals surface area contributed by atoms with Gasteiger partial charge in [-0.15, -0.1) is 12.3 Å². The molecule has 1 fully saturated rings. The second-order valence-electron chi connectivity index (χ2n) is 4.22. The van der Waals surface area contributed by atoms with Crippen LogP contribution in [-0.4, -0.2) is 29.8 Å². The first-order chi connectivity index (χ1) is 8.54. The topological polar surface area (TPSA) is 101 Å². The number of nitrogens with one attached hydrogen (secondary N) is 2. The van der Waals surface area contributed by atoms with Gasteiger partial charge in [0.15, 0.2) is 0 Å². The molecule has 2 atom stereocenters.